The number of thiophene rings is 1. The van der Waals surface area contributed by atoms with Crippen LogP contribution in [-0.2, 0) is 5.41 Å². The van der Waals surface area contributed by atoms with Crippen molar-refractivity contribution in [2.45, 2.75) is 26.2 Å². The Morgan fingerprint density at radius 1 is 0.724 bits per heavy atom. The summed E-state index contributed by atoms with van der Waals surface area (Å²) < 4.78 is 0. The first kappa shape index (κ1) is 18.0. The maximum Gasteiger partial charge on any atom is 0.123 e. The van der Waals surface area contributed by atoms with E-state index < -0.39 is 0 Å². The Morgan fingerprint density at radius 2 is 1.55 bits per heavy atom. The molecule has 0 spiro atoms. The van der Waals surface area contributed by atoms with Gasteiger partial charge in [-0.1, -0.05) is 51.1 Å². The van der Waals surface area contributed by atoms with Gasteiger partial charge in [-0.15, -0.1) is 11.3 Å². The van der Waals surface area contributed by atoms with Crippen molar-refractivity contribution in [3.8, 4) is 21.7 Å². The molecule has 0 amide bonds. The minimum absolute atomic E-state index is 0.0599. The number of benzene rings is 2. The van der Waals surface area contributed by atoms with Gasteiger partial charge in [-0.3, -0.25) is 4.98 Å². The van der Waals surface area contributed by atoms with Crippen molar-refractivity contribution in [2.24, 2.45) is 0 Å². The van der Waals surface area contributed by atoms with Crippen LogP contribution in [0.2, 0.25) is 0 Å². The average Bonchev–Trinajstić information content (AvgIpc) is 3.17. The van der Waals surface area contributed by atoms with Gasteiger partial charge in [0.1, 0.15) is 4.83 Å². The van der Waals surface area contributed by atoms with Crippen molar-refractivity contribution in [3.05, 3.63) is 84.7 Å². The lowest BCUT2D eigenvalue weighted by atomic mass is 9.82. The standard InChI is InChI=1S/C26H22N2S/c1-26(2,3)22-14-20(13-17-7-4-5-9-21(17)22)23-15-18(10-12-27-23)24-16-19-8-6-11-28-25(19)29-24/h4-16H,1-3H3. The molecule has 0 fully saturated rings. The zero-order valence-electron chi connectivity index (χ0n) is 16.8. The van der Waals surface area contributed by atoms with E-state index in [1.54, 1.807) is 11.3 Å². The second kappa shape index (κ2) is 6.78. The topological polar surface area (TPSA) is 25.8 Å². The van der Waals surface area contributed by atoms with Crippen LogP contribution in [0, 0.1) is 0 Å². The average molecular weight is 395 g/mol. The van der Waals surface area contributed by atoms with E-state index in [0.717, 1.165) is 16.1 Å². The fourth-order valence-corrected chi connectivity index (χ4v) is 4.83. The lowest BCUT2D eigenvalue weighted by Crippen LogP contribution is -2.12. The summed E-state index contributed by atoms with van der Waals surface area (Å²) in [6.45, 7) is 6.81. The first-order chi connectivity index (χ1) is 14.0. The normalized spacial score (nSPS) is 12.0. The summed E-state index contributed by atoms with van der Waals surface area (Å²) in [5.41, 5.74) is 4.76. The molecular weight excluding hydrogens is 372 g/mol. The fraction of sp³-hybridized carbons (Fsp3) is 0.154. The SMILES string of the molecule is CC(C)(C)c1cc(-c2cc(-c3cc4cccnc4s3)ccn2)cc2ccccc12. The summed E-state index contributed by atoms with van der Waals surface area (Å²) in [5.74, 6) is 0. The molecule has 29 heavy (non-hydrogen) atoms. The van der Waals surface area contributed by atoms with E-state index in [0.29, 0.717) is 0 Å². The van der Waals surface area contributed by atoms with Crippen LogP contribution in [0.4, 0.5) is 0 Å². The molecule has 0 aliphatic heterocycles. The van der Waals surface area contributed by atoms with E-state index in [1.807, 2.05) is 18.5 Å². The summed E-state index contributed by atoms with van der Waals surface area (Å²) in [7, 11) is 0. The number of hydrogen-bond donors (Lipinski definition) is 0. The number of nitrogens with zero attached hydrogens (tertiary/aromatic N) is 2. The Labute approximate surface area is 174 Å². The second-order valence-electron chi connectivity index (χ2n) is 8.43. The van der Waals surface area contributed by atoms with Gasteiger partial charge in [-0.05, 0) is 63.7 Å². The molecule has 0 saturated heterocycles. The van der Waals surface area contributed by atoms with E-state index in [9.17, 15) is 0 Å². The molecule has 0 bridgehead atoms. The van der Waals surface area contributed by atoms with Gasteiger partial charge in [0.05, 0.1) is 5.69 Å². The number of pyridine rings is 2. The molecule has 5 rings (SSSR count). The van der Waals surface area contributed by atoms with Crippen LogP contribution < -0.4 is 0 Å². The van der Waals surface area contributed by atoms with Gasteiger partial charge in [-0.2, -0.15) is 0 Å². The monoisotopic (exact) mass is 394 g/mol. The van der Waals surface area contributed by atoms with Crippen LogP contribution in [-0.4, -0.2) is 9.97 Å². The van der Waals surface area contributed by atoms with E-state index >= 15 is 0 Å². The first-order valence-corrected chi connectivity index (χ1v) is 10.7. The highest BCUT2D eigenvalue weighted by molar-refractivity contribution is 7.21. The van der Waals surface area contributed by atoms with Crippen molar-refractivity contribution in [1.29, 1.82) is 0 Å². The Kier molecular flexibility index (Phi) is 4.21. The molecule has 0 unspecified atom stereocenters. The van der Waals surface area contributed by atoms with Crippen molar-refractivity contribution in [3.63, 3.8) is 0 Å². The summed E-state index contributed by atoms with van der Waals surface area (Å²) >= 11 is 1.73. The predicted molar refractivity (Wildman–Crippen MR) is 124 cm³/mol. The molecule has 0 aliphatic rings. The third-order valence-electron chi connectivity index (χ3n) is 5.30. The van der Waals surface area contributed by atoms with Gasteiger partial charge < -0.3 is 0 Å². The van der Waals surface area contributed by atoms with Crippen molar-refractivity contribution in [1.82, 2.24) is 9.97 Å². The molecule has 3 heteroatoms. The third-order valence-corrected chi connectivity index (χ3v) is 6.41. The van der Waals surface area contributed by atoms with Gasteiger partial charge in [0.25, 0.3) is 0 Å². The number of fused-ring (bicyclic) bond motifs is 2. The minimum atomic E-state index is 0.0599. The van der Waals surface area contributed by atoms with Crippen molar-refractivity contribution < 1.29 is 0 Å². The van der Waals surface area contributed by atoms with Crippen LogP contribution in [0.1, 0.15) is 26.3 Å². The summed E-state index contributed by atoms with van der Waals surface area (Å²) in [4.78, 5) is 11.5. The Hall–Kier alpha value is -3.04. The molecule has 142 valence electrons. The molecule has 0 saturated carbocycles. The van der Waals surface area contributed by atoms with Gasteiger partial charge >= 0.3 is 0 Å². The summed E-state index contributed by atoms with van der Waals surface area (Å²) in [6, 6.07) is 23.8. The Balaban J connectivity index is 1.67. The van der Waals surface area contributed by atoms with Crippen LogP contribution in [0.5, 0.6) is 0 Å². The zero-order valence-corrected chi connectivity index (χ0v) is 17.6. The maximum absolute atomic E-state index is 4.71. The van der Waals surface area contributed by atoms with E-state index in [-0.39, 0.29) is 5.41 Å². The van der Waals surface area contributed by atoms with Gasteiger partial charge in [-0.25, -0.2) is 4.98 Å². The highest BCUT2D eigenvalue weighted by atomic mass is 32.1. The van der Waals surface area contributed by atoms with Gasteiger partial charge in [0, 0.05) is 28.2 Å². The van der Waals surface area contributed by atoms with E-state index in [2.05, 4.69) is 86.4 Å². The van der Waals surface area contributed by atoms with Crippen LogP contribution in [0.25, 0.3) is 42.7 Å². The lowest BCUT2D eigenvalue weighted by molar-refractivity contribution is 0.596. The van der Waals surface area contributed by atoms with E-state index in [1.165, 1.54) is 32.2 Å². The van der Waals surface area contributed by atoms with Crippen LogP contribution in [0.15, 0.2) is 79.1 Å². The lowest BCUT2D eigenvalue weighted by Gasteiger charge is -2.22. The highest BCUT2D eigenvalue weighted by Gasteiger charge is 2.18. The number of rotatable bonds is 2. The molecule has 0 atom stereocenters. The van der Waals surface area contributed by atoms with Crippen LogP contribution in [0.3, 0.4) is 0 Å². The second-order valence-corrected chi connectivity index (χ2v) is 9.46. The number of aromatic nitrogens is 2. The van der Waals surface area contributed by atoms with Crippen molar-refractivity contribution in [2.75, 3.05) is 0 Å². The maximum atomic E-state index is 4.71. The van der Waals surface area contributed by atoms with Crippen molar-refractivity contribution >= 4 is 32.3 Å². The molecule has 2 nitrogen and oxygen atoms in total. The minimum Gasteiger partial charge on any atom is -0.256 e. The highest BCUT2D eigenvalue weighted by Crippen LogP contribution is 2.36. The predicted octanol–water partition coefficient (Wildman–Crippen LogP) is 7.48. The largest absolute Gasteiger partial charge is 0.256 e. The Morgan fingerprint density at radius 3 is 2.38 bits per heavy atom. The molecule has 3 aromatic heterocycles. The molecule has 0 radical (unpaired) electrons. The van der Waals surface area contributed by atoms with Gasteiger partial charge in [0.2, 0.25) is 0 Å². The molecule has 2 aromatic carbocycles. The summed E-state index contributed by atoms with van der Waals surface area (Å²) in [6.07, 6.45) is 3.76. The number of hydrogen-bond acceptors (Lipinski definition) is 3. The van der Waals surface area contributed by atoms with E-state index in [4.69, 9.17) is 4.98 Å². The Bertz CT molecular complexity index is 1310. The quantitative estimate of drug-likeness (QED) is 0.310. The fourth-order valence-electron chi connectivity index (χ4n) is 3.84. The van der Waals surface area contributed by atoms with Gasteiger partial charge in [0.15, 0.2) is 0 Å². The first-order valence-electron chi connectivity index (χ1n) is 9.84. The molecule has 5 aromatic rings. The third kappa shape index (κ3) is 3.32. The summed E-state index contributed by atoms with van der Waals surface area (Å²) in [5, 5.41) is 3.76. The molecule has 0 aliphatic carbocycles. The molecular formula is C26H22N2S. The smallest absolute Gasteiger partial charge is 0.123 e. The molecule has 0 N–H and O–H groups in total. The molecule has 3 heterocycles. The van der Waals surface area contributed by atoms with Crippen LogP contribution >= 0.6 is 11.3 Å². The zero-order chi connectivity index (χ0) is 20.0.